The van der Waals surface area contributed by atoms with Crippen molar-refractivity contribution in [2.24, 2.45) is 10.9 Å². The molecule has 2 aromatic carbocycles. The molecule has 1 atom stereocenters. The number of amides is 1. The van der Waals surface area contributed by atoms with Crippen molar-refractivity contribution in [2.75, 3.05) is 20.2 Å². The van der Waals surface area contributed by atoms with Crippen molar-refractivity contribution < 1.29 is 18.3 Å². The first-order chi connectivity index (χ1) is 16.4. The second-order valence-corrected chi connectivity index (χ2v) is 8.82. The number of nitrogens with zero attached hydrogens (tertiary/aromatic N) is 3. The fraction of sp³-hybridized carbons (Fsp3) is 0.346. The van der Waals surface area contributed by atoms with Gasteiger partial charge in [-0.3, -0.25) is 4.79 Å². The van der Waals surface area contributed by atoms with Crippen LogP contribution in [0.15, 0.2) is 52.1 Å². The number of aliphatic imine (C=N–C) groups is 1. The van der Waals surface area contributed by atoms with Crippen LogP contribution in [0.5, 0.6) is 5.75 Å². The molecule has 1 amide bonds. The lowest BCUT2D eigenvalue weighted by atomic mass is 9.91. The van der Waals surface area contributed by atoms with Crippen molar-refractivity contribution >= 4 is 23.2 Å². The number of carbonyl (C=O) groups is 1. The normalized spacial score (nSPS) is 18.0. The average molecular weight is 484 g/mol. The summed E-state index contributed by atoms with van der Waals surface area (Å²) in [5.74, 6) is -1.65. The van der Waals surface area contributed by atoms with Crippen LogP contribution in [0.4, 0.5) is 8.78 Å². The number of ether oxygens (including phenoxy) is 1. The Labute approximate surface area is 202 Å². The van der Waals surface area contributed by atoms with Gasteiger partial charge in [0.15, 0.2) is 11.6 Å². The predicted octanol–water partition coefficient (Wildman–Crippen LogP) is 5.36. The van der Waals surface area contributed by atoms with Gasteiger partial charge in [0.05, 0.1) is 23.4 Å². The van der Waals surface area contributed by atoms with Gasteiger partial charge in [0.25, 0.3) is 5.91 Å². The molecule has 1 unspecified atom stereocenters. The minimum absolute atomic E-state index is 0.0729. The lowest BCUT2D eigenvalue weighted by Gasteiger charge is -2.26. The maximum atomic E-state index is 14.4. The largest absolute Gasteiger partial charge is 0.494 e. The molecular formula is C26H24ClF2N3O2. The SMILES string of the molecule is COc1ccc(CCC2C(c3ccc(C#N)c(F)c3)=NC(C(=O)N3CCCCC3)=C2Cl)cc1F. The van der Waals surface area contributed by atoms with Gasteiger partial charge >= 0.3 is 0 Å². The molecule has 2 aromatic rings. The molecule has 0 spiro atoms. The van der Waals surface area contributed by atoms with Gasteiger partial charge in [-0.1, -0.05) is 23.7 Å². The van der Waals surface area contributed by atoms with Crippen LogP contribution in [0.25, 0.3) is 0 Å². The second-order valence-electron chi connectivity index (χ2n) is 8.41. The fourth-order valence-corrected chi connectivity index (χ4v) is 4.74. The molecular weight excluding hydrogens is 460 g/mol. The third kappa shape index (κ3) is 4.83. The van der Waals surface area contributed by atoms with Gasteiger partial charge in [-0.2, -0.15) is 5.26 Å². The van der Waals surface area contributed by atoms with E-state index in [-0.39, 0.29) is 22.9 Å². The maximum Gasteiger partial charge on any atom is 0.273 e. The Hall–Kier alpha value is -3.24. The van der Waals surface area contributed by atoms with Gasteiger partial charge in [0.1, 0.15) is 17.6 Å². The zero-order valence-corrected chi connectivity index (χ0v) is 19.5. The Bertz CT molecular complexity index is 1210. The van der Waals surface area contributed by atoms with E-state index in [1.807, 2.05) is 0 Å². The van der Waals surface area contributed by atoms with Gasteiger partial charge in [-0.25, -0.2) is 13.8 Å². The quantitative estimate of drug-likeness (QED) is 0.555. The Morgan fingerprint density at radius 2 is 1.94 bits per heavy atom. The molecule has 0 saturated carbocycles. The molecule has 2 heterocycles. The van der Waals surface area contributed by atoms with E-state index in [4.69, 9.17) is 21.6 Å². The minimum Gasteiger partial charge on any atom is -0.494 e. The molecule has 2 aliphatic heterocycles. The van der Waals surface area contributed by atoms with Gasteiger partial charge in [0, 0.05) is 19.0 Å². The number of hydrogen-bond donors (Lipinski definition) is 0. The lowest BCUT2D eigenvalue weighted by molar-refractivity contribution is -0.128. The van der Waals surface area contributed by atoms with Crippen LogP contribution in [-0.4, -0.2) is 36.7 Å². The summed E-state index contributed by atoms with van der Waals surface area (Å²) in [7, 11) is 1.40. The molecule has 4 rings (SSSR count). The Morgan fingerprint density at radius 3 is 2.59 bits per heavy atom. The average Bonchev–Trinajstić information content (AvgIpc) is 3.18. The summed E-state index contributed by atoms with van der Waals surface area (Å²) < 4.78 is 33.5. The number of benzene rings is 2. The van der Waals surface area contributed by atoms with Crippen LogP contribution in [0.3, 0.4) is 0 Å². The number of nitriles is 1. The third-order valence-corrected chi connectivity index (χ3v) is 6.71. The number of hydrogen-bond acceptors (Lipinski definition) is 4. The molecule has 34 heavy (non-hydrogen) atoms. The van der Waals surface area contributed by atoms with Gasteiger partial charge in [-0.05, 0) is 67.5 Å². The summed E-state index contributed by atoms with van der Waals surface area (Å²) >= 11 is 6.72. The van der Waals surface area contributed by atoms with Gasteiger partial charge < -0.3 is 9.64 Å². The van der Waals surface area contributed by atoms with E-state index in [9.17, 15) is 13.6 Å². The minimum atomic E-state index is -0.661. The van der Waals surface area contributed by atoms with E-state index < -0.39 is 17.6 Å². The molecule has 2 aliphatic rings. The molecule has 176 valence electrons. The van der Waals surface area contributed by atoms with E-state index in [0.29, 0.717) is 42.2 Å². The highest BCUT2D eigenvalue weighted by Crippen LogP contribution is 2.37. The van der Waals surface area contributed by atoms with E-state index in [1.54, 1.807) is 29.2 Å². The van der Waals surface area contributed by atoms with Crippen LogP contribution >= 0.6 is 11.6 Å². The number of rotatable bonds is 6. The topological polar surface area (TPSA) is 65.7 Å². The van der Waals surface area contributed by atoms with Gasteiger partial charge in [-0.15, -0.1) is 0 Å². The number of carbonyl (C=O) groups excluding carboxylic acids is 1. The zero-order valence-electron chi connectivity index (χ0n) is 18.8. The molecule has 0 aromatic heterocycles. The molecule has 5 nitrogen and oxygen atoms in total. The summed E-state index contributed by atoms with van der Waals surface area (Å²) in [5.41, 5.74) is 1.78. The van der Waals surface area contributed by atoms with Crippen LogP contribution in [0.1, 0.15) is 42.4 Å². The number of halogens is 3. The number of likely N-dealkylation sites (tertiary alicyclic amines) is 1. The van der Waals surface area contributed by atoms with Crippen LogP contribution in [-0.2, 0) is 11.2 Å². The molecule has 0 bridgehead atoms. The summed E-state index contributed by atoms with van der Waals surface area (Å²) in [6, 6.07) is 10.8. The smallest absolute Gasteiger partial charge is 0.273 e. The highest BCUT2D eigenvalue weighted by atomic mass is 35.5. The number of methoxy groups -OCH3 is 1. The zero-order chi connectivity index (χ0) is 24.2. The Balaban J connectivity index is 1.65. The molecule has 0 N–H and O–H groups in total. The van der Waals surface area contributed by atoms with Crippen molar-refractivity contribution in [1.29, 1.82) is 5.26 Å². The summed E-state index contributed by atoms with van der Waals surface area (Å²) in [6.45, 7) is 1.30. The Morgan fingerprint density at radius 1 is 1.18 bits per heavy atom. The highest BCUT2D eigenvalue weighted by Gasteiger charge is 2.35. The summed E-state index contributed by atoms with van der Waals surface area (Å²) in [6.07, 6.45) is 3.85. The first-order valence-corrected chi connectivity index (χ1v) is 11.6. The lowest BCUT2D eigenvalue weighted by Crippen LogP contribution is -2.36. The fourth-order valence-electron chi connectivity index (χ4n) is 4.40. The highest BCUT2D eigenvalue weighted by molar-refractivity contribution is 6.36. The van der Waals surface area contributed by atoms with Crippen molar-refractivity contribution in [1.82, 2.24) is 4.90 Å². The van der Waals surface area contributed by atoms with Crippen molar-refractivity contribution in [3.63, 3.8) is 0 Å². The van der Waals surface area contributed by atoms with Gasteiger partial charge in [0.2, 0.25) is 0 Å². The standard InChI is InChI=1S/C26H24ClF2N3O2/c1-34-22-10-6-16(13-21(22)29)5-9-19-23(27)25(26(33)32-11-3-2-4-12-32)31-24(19)17-7-8-18(15-30)20(28)14-17/h6-8,10,13-14,19H,2-5,9,11-12H2,1H3. The van der Waals surface area contributed by atoms with E-state index in [2.05, 4.69) is 4.99 Å². The number of aryl methyl sites for hydroxylation is 1. The van der Waals surface area contributed by atoms with E-state index in [1.165, 1.54) is 25.3 Å². The predicted molar refractivity (Wildman–Crippen MR) is 126 cm³/mol. The monoisotopic (exact) mass is 483 g/mol. The maximum absolute atomic E-state index is 14.4. The molecule has 1 saturated heterocycles. The number of allylic oxidation sites excluding steroid dienone is 1. The molecule has 8 heteroatoms. The number of piperidine rings is 1. The molecule has 1 fully saturated rings. The van der Waals surface area contributed by atoms with Crippen LogP contribution in [0.2, 0.25) is 0 Å². The third-order valence-electron chi connectivity index (χ3n) is 6.26. The first kappa shape index (κ1) is 23.9. The van der Waals surface area contributed by atoms with E-state index in [0.717, 1.165) is 24.8 Å². The van der Waals surface area contributed by atoms with Crippen molar-refractivity contribution in [3.05, 3.63) is 75.5 Å². The van der Waals surface area contributed by atoms with Crippen molar-refractivity contribution in [2.45, 2.75) is 32.1 Å². The Kier molecular flexibility index (Phi) is 7.28. The summed E-state index contributed by atoms with van der Waals surface area (Å²) in [5, 5.41) is 9.37. The second kappa shape index (κ2) is 10.4. The molecule has 0 aliphatic carbocycles. The molecule has 0 radical (unpaired) electrons. The summed E-state index contributed by atoms with van der Waals surface area (Å²) in [4.78, 5) is 19.5. The van der Waals surface area contributed by atoms with Crippen molar-refractivity contribution in [3.8, 4) is 11.8 Å². The van der Waals surface area contributed by atoms with Crippen LogP contribution < -0.4 is 4.74 Å². The van der Waals surface area contributed by atoms with Crippen LogP contribution in [0, 0.1) is 28.9 Å². The first-order valence-electron chi connectivity index (χ1n) is 11.2. The van der Waals surface area contributed by atoms with E-state index >= 15 is 0 Å².